The summed E-state index contributed by atoms with van der Waals surface area (Å²) < 4.78 is 15.1. The van der Waals surface area contributed by atoms with Crippen LogP contribution in [0.1, 0.15) is 26.2 Å². The monoisotopic (exact) mass is 234 g/mol. The second-order valence-corrected chi connectivity index (χ2v) is 3.27. The average Bonchev–Trinajstić information content (AvgIpc) is 2.30. The number of carbonyl (C=O) groups is 1. The summed E-state index contributed by atoms with van der Waals surface area (Å²) in [5.41, 5.74) is 0. The van der Waals surface area contributed by atoms with Gasteiger partial charge in [-0.2, -0.15) is 0 Å². The summed E-state index contributed by atoms with van der Waals surface area (Å²) in [5, 5.41) is 8.42. The van der Waals surface area contributed by atoms with Crippen LogP contribution in [-0.2, 0) is 19.0 Å². The van der Waals surface area contributed by atoms with Crippen LogP contribution in [0.3, 0.4) is 0 Å². The van der Waals surface area contributed by atoms with Crippen molar-refractivity contribution < 1.29 is 24.1 Å². The van der Waals surface area contributed by atoms with Gasteiger partial charge in [-0.15, -0.1) is 0 Å². The third-order valence-electron chi connectivity index (χ3n) is 1.83. The van der Waals surface area contributed by atoms with E-state index in [4.69, 9.17) is 19.3 Å². The molecule has 1 N–H and O–H groups in total. The predicted molar refractivity (Wildman–Crippen MR) is 59.2 cm³/mol. The van der Waals surface area contributed by atoms with Gasteiger partial charge in [-0.05, 0) is 6.42 Å². The maximum absolute atomic E-state index is 11.0. The van der Waals surface area contributed by atoms with Crippen LogP contribution in [0.15, 0.2) is 0 Å². The first-order valence-electron chi connectivity index (χ1n) is 5.73. The maximum atomic E-state index is 11.0. The molecule has 0 aliphatic heterocycles. The van der Waals surface area contributed by atoms with Gasteiger partial charge in [-0.3, -0.25) is 4.79 Å². The zero-order valence-electron chi connectivity index (χ0n) is 9.94. The van der Waals surface area contributed by atoms with Crippen LogP contribution >= 0.6 is 0 Å². The molecule has 0 saturated heterocycles. The Morgan fingerprint density at radius 3 is 2.31 bits per heavy atom. The molecule has 0 aliphatic rings. The molecule has 0 fully saturated rings. The molecule has 0 rings (SSSR count). The molecule has 0 aliphatic carbocycles. The molecule has 0 atom stereocenters. The summed E-state index contributed by atoms with van der Waals surface area (Å²) in [6, 6.07) is 0. The lowest BCUT2D eigenvalue weighted by Crippen LogP contribution is -2.13. The third kappa shape index (κ3) is 11.4. The van der Waals surface area contributed by atoms with Crippen LogP contribution in [0, 0.1) is 0 Å². The van der Waals surface area contributed by atoms with Crippen molar-refractivity contribution in [3.63, 3.8) is 0 Å². The molecule has 0 spiro atoms. The molecular formula is C11H22O5. The van der Waals surface area contributed by atoms with Crippen molar-refractivity contribution in [2.75, 3.05) is 39.6 Å². The van der Waals surface area contributed by atoms with Gasteiger partial charge in [-0.1, -0.05) is 13.3 Å². The van der Waals surface area contributed by atoms with Gasteiger partial charge >= 0.3 is 5.97 Å². The SMILES string of the molecule is CCCCC(=O)OCCOCCOCCO. The topological polar surface area (TPSA) is 65.0 Å². The number of esters is 1. The number of hydrogen-bond acceptors (Lipinski definition) is 5. The Hall–Kier alpha value is -0.650. The van der Waals surface area contributed by atoms with Gasteiger partial charge < -0.3 is 19.3 Å². The van der Waals surface area contributed by atoms with Crippen LogP contribution in [0.2, 0.25) is 0 Å². The van der Waals surface area contributed by atoms with E-state index in [1.807, 2.05) is 6.92 Å². The summed E-state index contributed by atoms with van der Waals surface area (Å²) in [6.45, 7) is 3.97. The average molecular weight is 234 g/mol. The Morgan fingerprint density at radius 2 is 1.69 bits per heavy atom. The number of aliphatic hydroxyl groups excluding tert-OH is 1. The lowest BCUT2D eigenvalue weighted by Gasteiger charge is -2.06. The van der Waals surface area contributed by atoms with E-state index in [9.17, 15) is 4.79 Å². The standard InChI is InChI=1S/C11H22O5/c1-2-3-4-11(13)16-10-9-15-8-7-14-6-5-12/h12H,2-10H2,1H3. The number of hydrogen-bond donors (Lipinski definition) is 1. The van der Waals surface area contributed by atoms with Gasteiger partial charge in [-0.25, -0.2) is 0 Å². The van der Waals surface area contributed by atoms with E-state index >= 15 is 0 Å². The van der Waals surface area contributed by atoms with Gasteiger partial charge in [0.25, 0.3) is 0 Å². The highest BCUT2D eigenvalue weighted by molar-refractivity contribution is 5.69. The van der Waals surface area contributed by atoms with E-state index < -0.39 is 0 Å². The molecule has 0 aromatic rings. The Morgan fingerprint density at radius 1 is 1.06 bits per heavy atom. The summed E-state index contributed by atoms with van der Waals surface area (Å²) in [4.78, 5) is 11.0. The first-order chi connectivity index (χ1) is 7.81. The van der Waals surface area contributed by atoms with E-state index in [-0.39, 0.29) is 12.6 Å². The summed E-state index contributed by atoms with van der Waals surface area (Å²) >= 11 is 0. The zero-order valence-corrected chi connectivity index (χ0v) is 9.94. The van der Waals surface area contributed by atoms with Crippen LogP contribution in [0.25, 0.3) is 0 Å². The molecule has 0 aromatic carbocycles. The molecule has 0 bridgehead atoms. The largest absolute Gasteiger partial charge is 0.463 e. The first-order valence-corrected chi connectivity index (χ1v) is 5.73. The minimum atomic E-state index is -0.165. The molecule has 0 heterocycles. The Kier molecular flexibility index (Phi) is 11.9. The van der Waals surface area contributed by atoms with Crippen LogP contribution in [0.4, 0.5) is 0 Å². The van der Waals surface area contributed by atoms with E-state index in [0.717, 1.165) is 12.8 Å². The van der Waals surface area contributed by atoms with Crippen molar-refractivity contribution >= 4 is 5.97 Å². The van der Waals surface area contributed by atoms with Crippen molar-refractivity contribution in [1.29, 1.82) is 0 Å². The molecule has 5 nitrogen and oxygen atoms in total. The Labute approximate surface area is 96.7 Å². The normalized spacial score (nSPS) is 10.4. The van der Waals surface area contributed by atoms with Crippen LogP contribution in [-0.4, -0.2) is 50.7 Å². The summed E-state index contributed by atoms with van der Waals surface area (Å²) in [7, 11) is 0. The molecule has 0 unspecified atom stereocenters. The second-order valence-electron chi connectivity index (χ2n) is 3.27. The van der Waals surface area contributed by atoms with Crippen LogP contribution in [0.5, 0.6) is 0 Å². The van der Waals surface area contributed by atoms with Gasteiger partial charge in [0.1, 0.15) is 6.61 Å². The third-order valence-corrected chi connectivity index (χ3v) is 1.83. The highest BCUT2D eigenvalue weighted by atomic mass is 16.6. The number of ether oxygens (including phenoxy) is 3. The van der Waals surface area contributed by atoms with Crippen molar-refractivity contribution in [1.82, 2.24) is 0 Å². The number of aliphatic hydroxyl groups is 1. The minimum absolute atomic E-state index is 0.0229. The summed E-state index contributed by atoms with van der Waals surface area (Å²) in [6.07, 6.45) is 2.35. The van der Waals surface area contributed by atoms with Crippen molar-refractivity contribution in [3.05, 3.63) is 0 Å². The molecule has 0 saturated carbocycles. The van der Waals surface area contributed by atoms with E-state index in [1.165, 1.54) is 0 Å². The molecule has 16 heavy (non-hydrogen) atoms. The molecule has 0 amide bonds. The fraction of sp³-hybridized carbons (Fsp3) is 0.909. The highest BCUT2D eigenvalue weighted by Crippen LogP contribution is 1.96. The summed E-state index contributed by atoms with van der Waals surface area (Å²) in [5.74, 6) is -0.165. The molecule has 0 aromatic heterocycles. The van der Waals surface area contributed by atoms with Gasteiger partial charge in [0, 0.05) is 6.42 Å². The lowest BCUT2D eigenvalue weighted by molar-refractivity contribution is -0.145. The lowest BCUT2D eigenvalue weighted by atomic mass is 10.2. The van der Waals surface area contributed by atoms with E-state index in [0.29, 0.717) is 39.5 Å². The van der Waals surface area contributed by atoms with Crippen molar-refractivity contribution in [2.45, 2.75) is 26.2 Å². The Bertz CT molecular complexity index is 160. The predicted octanol–water partition coefficient (Wildman–Crippen LogP) is 0.745. The second kappa shape index (κ2) is 12.4. The molecule has 96 valence electrons. The van der Waals surface area contributed by atoms with E-state index in [1.54, 1.807) is 0 Å². The first kappa shape index (κ1) is 15.3. The van der Waals surface area contributed by atoms with Gasteiger partial charge in [0.15, 0.2) is 0 Å². The molecular weight excluding hydrogens is 212 g/mol. The molecule has 5 heteroatoms. The zero-order chi connectivity index (χ0) is 12.1. The quantitative estimate of drug-likeness (QED) is 0.422. The van der Waals surface area contributed by atoms with E-state index in [2.05, 4.69) is 0 Å². The fourth-order valence-electron chi connectivity index (χ4n) is 0.994. The van der Waals surface area contributed by atoms with Gasteiger partial charge in [0.05, 0.1) is 33.0 Å². The molecule has 0 radical (unpaired) electrons. The van der Waals surface area contributed by atoms with Crippen molar-refractivity contribution in [2.24, 2.45) is 0 Å². The minimum Gasteiger partial charge on any atom is -0.463 e. The highest BCUT2D eigenvalue weighted by Gasteiger charge is 2.00. The smallest absolute Gasteiger partial charge is 0.305 e. The number of rotatable bonds is 11. The number of unbranched alkanes of at least 4 members (excludes halogenated alkanes) is 1. The number of carbonyl (C=O) groups excluding carboxylic acids is 1. The van der Waals surface area contributed by atoms with Crippen LogP contribution < -0.4 is 0 Å². The fourth-order valence-corrected chi connectivity index (χ4v) is 0.994. The van der Waals surface area contributed by atoms with Gasteiger partial charge in [0.2, 0.25) is 0 Å². The van der Waals surface area contributed by atoms with Crippen molar-refractivity contribution in [3.8, 4) is 0 Å². The Balaban J connectivity index is 3.05. The maximum Gasteiger partial charge on any atom is 0.305 e.